The van der Waals surface area contributed by atoms with Gasteiger partial charge < -0.3 is 9.80 Å². The molecule has 12 heteroatoms. The molecule has 6 atom stereocenters. The second-order valence-corrected chi connectivity index (χ2v) is 14.2. The van der Waals surface area contributed by atoms with Gasteiger partial charge in [0.05, 0.1) is 16.8 Å². The zero-order valence-electron chi connectivity index (χ0n) is 22.2. The number of sulfonamides is 1. The minimum atomic E-state index is -4.09. The number of likely N-dealkylation sites (N-methyl/N-ethyl adjacent to an activating group) is 1. The van der Waals surface area contributed by atoms with Crippen LogP contribution >= 0.6 is 34.8 Å². The summed E-state index contributed by atoms with van der Waals surface area (Å²) in [6, 6.07) is 5.30. The number of allylic oxidation sites excluding steroid dienone is 2. The van der Waals surface area contributed by atoms with Crippen LogP contribution in [0.3, 0.4) is 0 Å². The fraction of sp³-hybridized carbons (Fsp3) is 0.615. The molecule has 6 unspecified atom stereocenters. The van der Waals surface area contributed by atoms with Crippen LogP contribution in [-0.2, 0) is 26.0 Å². The summed E-state index contributed by atoms with van der Waals surface area (Å²) in [4.78, 5) is 32.6. The van der Waals surface area contributed by atoms with Gasteiger partial charge in [0.15, 0.2) is 0 Å². The van der Waals surface area contributed by atoms with Gasteiger partial charge in [-0.2, -0.15) is 4.31 Å². The molecule has 1 aromatic carbocycles. The van der Waals surface area contributed by atoms with E-state index >= 15 is 0 Å². The second-order valence-electron chi connectivity index (χ2n) is 10.8. The third-order valence-electron chi connectivity index (χ3n) is 7.85. The van der Waals surface area contributed by atoms with Gasteiger partial charge in [-0.25, -0.2) is 8.42 Å². The highest BCUT2D eigenvalue weighted by molar-refractivity contribution is 7.93. The van der Waals surface area contributed by atoms with Gasteiger partial charge in [-0.3, -0.25) is 14.5 Å². The molecule has 0 radical (unpaired) electrons. The average Bonchev–Trinajstić information content (AvgIpc) is 2.84. The van der Waals surface area contributed by atoms with E-state index in [1.165, 1.54) is 9.21 Å². The third-order valence-corrected chi connectivity index (χ3v) is 11.5. The maximum atomic E-state index is 14.2. The number of carbonyl (C=O) groups excluding carboxylic acids is 2. The lowest BCUT2D eigenvalue weighted by Gasteiger charge is -2.55. The van der Waals surface area contributed by atoms with E-state index in [2.05, 4.69) is 0 Å². The Bertz CT molecular complexity index is 1210. The first-order valence-electron chi connectivity index (χ1n) is 12.8. The maximum Gasteiger partial charge on any atom is 0.246 e. The predicted octanol–water partition coefficient (Wildman–Crippen LogP) is 3.37. The van der Waals surface area contributed by atoms with Gasteiger partial charge in [0.25, 0.3) is 0 Å². The van der Waals surface area contributed by atoms with Gasteiger partial charge in [0.1, 0.15) is 18.2 Å². The van der Waals surface area contributed by atoms with Crippen LogP contribution in [0.5, 0.6) is 0 Å². The van der Waals surface area contributed by atoms with Gasteiger partial charge in [-0.1, -0.05) is 36.7 Å². The minimum Gasteiger partial charge on any atom is -0.335 e. The van der Waals surface area contributed by atoms with E-state index in [0.29, 0.717) is 11.4 Å². The molecule has 1 aromatic rings. The quantitative estimate of drug-likeness (QED) is 0.465. The molecule has 0 N–H and O–H groups in total. The van der Waals surface area contributed by atoms with E-state index < -0.39 is 33.6 Å². The molecule has 0 spiro atoms. The standard InChI is InChI=1S/C26H35Cl3N4O4S/c1-15(2)31-14-23-32(38(36,37)22-11-10-19(28)16(3)24(22)29)13-21(30(4)5)26(35)33(23)20(25(31)34)12-17-6-8-18(27)9-7-17/h6-9,11,15-16,19-21,23-24H,10,12-14H2,1-5H3. The van der Waals surface area contributed by atoms with Crippen LogP contribution in [0.15, 0.2) is 35.2 Å². The van der Waals surface area contributed by atoms with E-state index in [1.807, 2.05) is 32.9 Å². The number of hydrogen-bond acceptors (Lipinski definition) is 5. The van der Waals surface area contributed by atoms with Gasteiger partial charge >= 0.3 is 0 Å². The van der Waals surface area contributed by atoms with E-state index in [4.69, 9.17) is 34.8 Å². The molecule has 2 heterocycles. The Kier molecular flexibility index (Phi) is 8.77. The summed E-state index contributed by atoms with van der Waals surface area (Å²) < 4.78 is 29.9. The summed E-state index contributed by atoms with van der Waals surface area (Å²) in [5, 5.41) is -0.497. The van der Waals surface area contributed by atoms with Crippen LogP contribution in [-0.4, -0.2) is 101 Å². The number of halogens is 3. The number of rotatable bonds is 6. The number of alkyl halides is 2. The van der Waals surface area contributed by atoms with Crippen molar-refractivity contribution in [1.82, 2.24) is 19.0 Å². The Morgan fingerprint density at radius 1 is 1.05 bits per heavy atom. The third kappa shape index (κ3) is 5.34. The largest absolute Gasteiger partial charge is 0.335 e. The zero-order chi connectivity index (χ0) is 28.1. The number of amides is 2. The van der Waals surface area contributed by atoms with Crippen molar-refractivity contribution in [3.05, 3.63) is 45.8 Å². The van der Waals surface area contributed by atoms with Crippen LogP contribution < -0.4 is 0 Å². The topological polar surface area (TPSA) is 81.2 Å². The Labute approximate surface area is 240 Å². The molecule has 4 rings (SSSR count). The smallest absolute Gasteiger partial charge is 0.246 e. The molecule has 2 amide bonds. The molecular weight excluding hydrogens is 571 g/mol. The van der Waals surface area contributed by atoms with Crippen LogP contribution in [0.25, 0.3) is 0 Å². The number of benzene rings is 1. The van der Waals surface area contributed by atoms with Crippen molar-refractivity contribution in [2.24, 2.45) is 5.92 Å². The number of fused-ring (bicyclic) bond motifs is 1. The summed E-state index contributed by atoms with van der Waals surface area (Å²) in [6.45, 7) is 5.66. The molecule has 2 saturated heterocycles. The molecule has 2 aliphatic heterocycles. The summed E-state index contributed by atoms with van der Waals surface area (Å²) >= 11 is 19.1. The Morgan fingerprint density at radius 3 is 2.26 bits per heavy atom. The summed E-state index contributed by atoms with van der Waals surface area (Å²) in [5.74, 6) is -0.726. The first-order chi connectivity index (χ1) is 17.7. The lowest BCUT2D eigenvalue weighted by molar-refractivity contribution is -0.171. The second kappa shape index (κ2) is 11.3. The number of piperazine rings is 1. The molecule has 8 nitrogen and oxygen atoms in total. The molecule has 2 fully saturated rings. The molecule has 0 aromatic heterocycles. The summed E-state index contributed by atoms with van der Waals surface area (Å²) in [6.07, 6.45) is 1.36. The number of nitrogens with zero attached hydrogens (tertiary/aromatic N) is 4. The molecule has 0 saturated carbocycles. The van der Waals surface area contributed by atoms with Crippen molar-refractivity contribution in [1.29, 1.82) is 0 Å². The lowest BCUT2D eigenvalue weighted by Crippen LogP contribution is -2.76. The van der Waals surface area contributed by atoms with Crippen molar-refractivity contribution in [2.45, 2.75) is 68.7 Å². The average molecular weight is 606 g/mol. The molecule has 1 aliphatic carbocycles. The first kappa shape index (κ1) is 29.6. The fourth-order valence-corrected chi connectivity index (χ4v) is 8.40. The van der Waals surface area contributed by atoms with Crippen LogP contribution in [0.1, 0.15) is 32.8 Å². The van der Waals surface area contributed by atoms with Crippen LogP contribution in [0.2, 0.25) is 5.02 Å². The van der Waals surface area contributed by atoms with E-state index in [9.17, 15) is 18.0 Å². The highest BCUT2D eigenvalue weighted by Crippen LogP contribution is 2.39. The summed E-state index contributed by atoms with van der Waals surface area (Å²) in [5.41, 5.74) is 0.823. The van der Waals surface area contributed by atoms with E-state index in [-0.39, 0.29) is 53.6 Å². The van der Waals surface area contributed by atoms with Gasteiger partial charge in [-0.15, -0.1) is 23.2 Å². The molecular formula is C26H35Cl3N4O4S. The molecule has 0 bridgehead atoms. The zero-order valence-corrected chi connectivity index (χ0v) is 25.3. The SMILES string of the molecule is CC1C(Cl)CC=C(S(=O)(=O)N2CC(N(C)C)C(=O)N3C(Cc4ccc(Cl)cc4)C(=O)N(C(C)C)CC32)C1Cl. The van der Waals surface area contributed by atoms with Crippen molar-refractivity contribution >= 4 is 56.6 Å². The van der Waals surface area contributed by atoms with Crippen LogP contribution in [0.4, 0.5) is 0 Å². The van der Waals surface area contributed by atoms with E-state index in [0.717, 1.165) is 5.56 Å². The normalized spacial score (nSPS) is 31.2. The highest BCUT2D eigenvalue weighted by atomic mass is 35.5. The van der Waals surface area contributed by atoms with Crippen LogP contribution in [0, 0.1) is 5.92 Å². The Hall–Kier alpha value is -1.36. The van der Waals surface area contributed by atoms with Crippen molar-refractivity contribution < 1.29 is 18.0 Å². The first-order valence-corrected chi connectivity index (χ1v) is 15.5. The Balaban J connectivity index is 1.81. The van der Waals surface area contributed by atoms with Crippen molar-refractivity contribution in [2.75, 3.05) is 27.2 Å². The Morgan fingerprint density at radius 2 is 1.68 bits per heavy atom. The van der Waals surface area contributed by atoms with Gasteiger partial charge in [-0.05, 0) is 58.0 Å². The fourth-order valence-electron chi connectivity index (χ4n) is 5.46. The predicted molar refractivity (Wildman–Crippen MR) is 151 cm³/mol. The van der Waals surface area contributed by atoms with Gasteiger partial charge in [0, 0.05) is 29.4 Å². The minimum absolute atomic E-state index is 0.0389. The van der Waals surface area contributed by atoms with Gasteiger partial charge in [0.2, 0.25) is 21.8 Å². The molecule has 38 heavy (non-hydrogen) atoms. The number of hydrogen-bond donors (Lipinski definition) is 0. The molecule has 210 valence electrons. The van der Waals surface area contributed by atoms with Crippen molar-refractivity contribution in [3.63, 3.8) is 0 Å². The van der Waals surface area contributed by atoms with Crippen molar-refractivity contribution in [3.8, 4) is 0 Å². The highest BCUT2D eigenvalue weighted by Gasteiger charge is 2.55. The monoisotopic (exact) mass is 604 g/mol. The molecule has 3 aliphatic rings. The summed E-state index contributed by atoms with van der Waals surface area (Å²) in [7, 11) is -0.622. The number of carbonyl (C=O) groups is 2. The van der Waals surface area contributed by atoms with E-state index in [1.54, 1.807) is 42.1 Å². The maximum absolute atomic E-state index is 14.2. The lowest BCUT2D eigenvalue weighted by atomic mass is 9.95.